The van der Waals surface area contributed by atoms with E-state index < -0.39 is 10.8 Å². The van der Waals surface area contributed by atoms with Crippen LogP contribution in [0, 0.1) is 5.92 Å². The van der Waals surface area contributed by atoms with Crippen LogP contribution in [0.3, 0.4) is 0 Å². The van der Waals surface area contributed by atoms with E-state index in [9.17, 15) is 13.8 Å². The van der Waals surface area contributed by atoms with E-state index in [1.54, 1.807) is 33.5 Å². The topological polar surface area (TPSA) is 54.5 Å². The summed E-state index contributed by atoms with van der Waals surface area (Å²) >= 11 is 0. The maximum absolute atomic E-state index is 10.3. The lowest BCUT2D eigenvalue weighted by molar-refractivity contribution is -0.117. The number of nitrogens with zero attached hydrogens (tertiary/aromatic N) is 1. The van der Waals surface area contributed by atoms with Crippen molar-refractivity contribution < 1.29 is 13.8 Å². The van der Waals surface area contributed by atoms with Crippen molar-refractivity contribution in [2.75, 3.05) is 26.6 Å². The maximum atomic E-state index is 10.3. The number of ketones is 1. The Morgan fingerprint density at radius 2 is 1.56 bits per heavy atom. The quantitative estimate of drug-likeness (QED) is 0.711. The average molecular weight is 251 g/mol. The fraction of sp³-hybridized carbons (Fsp3) is 0.818. The van der Waals surface area contributed by atoms with Crippen LogP contribution < -0.4 is 0 Å². The molecule has 98 valence electrons. The van der Waals surface area contributed by atoms with Crippen molar-refractivity contribution in [3.8, 4) is 0 Å². The molecule has 4 nitrogen and oxygen atoms in total. The number of carbonyl (C=O) groups excluding carboxylic acids is 2. The van der Waals surface area contributed by atoms with Gasteiger partial charge in [-0.05, 0) is 12.8 Å². The smallest absolute Gasteiger partial charge is 0.209 e. The molecule has 0 aromatic heterocycles. The van der Waals surface area contributed by atoms with Gasteiger partial charge in [-0.15, -0.1) is 0 Å². The summed E-state index contributed by atoms with van der Waals surface area (Å²) in [7, 11) is 2.76. The molecule has 0 saturated heterocycles. The van der Waals surface area contributed by atoms with Gasteiger partial charge in [-0.2, -0.15) is 0 Å². The number of hydrogen-bond acceptors (Lipinski definition) is 3. The van der Waals surface area contributed by atoms with Crippen LogP contribution >= 0.6 is 0 Å². The molecule has 0 aliphatic rings. The van der Waals surface area contributed by atoms with Crippen LogP contribution in [0.4, 0.5) is 0 Å². The fourth-order valence-electron chi connectivity index (χ4n) is 0.575. The van der Waals surface area contributed by atoms with Crippen LogP contribution in [0.15, 0.2) is 0 Å². The molecule has 0 saturated carbocycles. The largest absolute Gasteiger partial charge is 0.351 e. The van der Waals surface area contributed by atoms with Gasteiger partial charge in [-0.1, -0.05) is 13.8 Å². The van der Waals surface area contributed by atoms with E-state index >= 15 is 0 Å². The third-order valence-electron chi connectivity index (χ3n) is 0.907. The second-order valence-electron chi connectivity index (χ2n) is 4.11. The Morgan fingerprint density at radius 1 is 1.31 bits per heavy atom. The number of hydrogen-bond donors (Lipinski definition) is 0. The highest BCUT2D eigenvalue weighted by atomic mass is 32.2. The van der Waals surface area contributed by atoms with Gasteiger partial charge in [-0.3, -0.25) is 9.00 Å². The van der Waals surface area contributed by atoms with Crippen LogP contribution in [0.5, 0.6) is 0 Å². The summed E-state index contributed by atoms with van der Waals surface area (Å²) in [6.07, 6.45) is 4.75. The summed E-state index contributed by atoms with van der Waals surface area (Å²) in [5, 5.41) is 0. The van der Waals surface area contributed by atoms with Gasteiger partial charge in [0.1, 0.15) is 5.78 Å². The summed E-state index contributed by atoms with van der Waals surface area (Å²) in [5.74, 6) is 0.813. The summed E-state index contributed by atoms with van der Waals surface area (Å²) in [4.78, 5) is 21.1. The Hall–Kier alpha value is -0.710. The van der Waals surface area contributed by atoms with Gasteiger partial charge in [-0.25, -0.2) is 0 Å². The van der Waals surface area contributed by atoms with Gasteiger partial charge < -0.3 is 9.69 Å². The zero-order chi connectivity index (χ0) is 13.7. The molecule has 16 heavy (non-hydrogen) atoms. The molecule has 0 aliphatic carbocycles. The predicted molar refractivity (Wildman–Crippen MR) is 69.9 cm³/mol. The van der Waals surface area contributed by atoms with Crippen molar-refractivity contribution in [3.05, 3.63) is 0 Å². The minimum absolute atomic E-state index is 0.287. The molecule has 0 unspecified atom stereocenters. The van der Waals surface area contributed by atoms with Crippen LogP contribution in [0.1, 0.15) is 27.2 Å². The van der Waals surface area contributed by atoms with Crippen molar-refractivity contribution in [2.24, 2.45) is 5.92 Å². The number of rotatable bonds is 3. The van der Waals surface area contributed by atoms with Gasteiger partial charge in [0, 0.05) is 43.8 Å². The van der Waals surface area contributed by atoms with Crippen LogP contribution in [0.2, 0.25) is 0 Å². The summed E-state index contributed by atoms with van der Waals surface area (Å²) in [6.45, 7) is 5.71. The van der Waals surface area contributed by atoms with E-state index in [1.807, 2.05) is 13.8 Å². The van der Waals surface area contributed by atoms with Crippen molar-refractivity contribution >= 4 is 23.0 Å². The highest BCUT2D eigenvalue weighted by Gasteiger charge is 1.95. The SMILES string of the molecule is CC(=O)CC(C)C.CN(C)C=O.CS(C)=O. The summed E-state index contributed by atoms with van der Waals surface area (Å²) in [6, 6.07) is 0. The van der Waals surface area contributed by atoms with E-state index in [1.165, 1.54) is 4.90 Å². The third-order valence-corrected chi connectivity index (χ3v) is 0.907. The highest BCUT2D eigenvalue weighted by molar-refractivity contribution is 7.83. The Labute approximate surface area is 102 Å². The zero-order valence-electron chi connectivity index (χ0n) is 11.4. The second kappa shape index (κ2) is 14.3. The lowest BCUT2D eigenvalue weighted by atomic mass is 10.1. The molecule has 0 aromatic rings. The Kier molecular flexibility index (Phi) is 18.5. The highest BCUT2D eigenvalue weighted by Crippen LogP contribution is 1.97. The molecular formula is C11H25NO3S. The van der Waals surface area contributed by atoms with Crippen LogP contribution in [0.25, 0.3) is 0 Å². The standard InChI is InChI=1S/C6H12O.C3H7NO.C2H6OS/c1-5(2)4-6(3)7;1-4(2)3-5;1-4(2)3/h5H,4H2,1-3H3;3H,1-2H3;1-2H3. The first-order valence-corrected chi connectivity index (χ1v) is 6.96. The molecule has 0 atom stereocenters. The molecular weight excluding hydrogens is 226 g/mol. The molecule has 0 heterocycles. The van der Waals surface area contributed by atoms with E-state index in [2.05, 4.69) is 0 Å². The third kappa shape index (κ3) is 71.7. The molecule has 0 aliphatic heterocycles. The normalized spacial score (nSPS) is 8.56. The first-order chi connectivity index (χ1) is 7.13. The van der Waals surface area contributed by atoms with E-state index in [-0.39, 0.29) is 5.78 Å². The maximum Gasteiger partial charge on any atom is 0.209 e. The first-order valence-electron chi connectivity index (χ1n) is 4.99. The predicted octanol–water partition coefficient (Wildman–Crippen LogP) is 1.32. The van der Waals surface area contributed by atoms with Crippen molar-refractivity contribution in [1.29, 1.82) is 0 Å². The zero-order valence-corrected chi connectivity index (χ0v) is 12.3. The Balaban J connectivity index is -0.000000166. The minimum Gasteiger partial charge on any atom is -0.351 e. The van der Waals surface area contributed by atoms with Gasteiger partial charge in [0.2, 0.25) is 6.41 Å². The van der Waals surface area contributed by atoms with Gasteiger partial charge >= 0.3 is 0 Å². The lowest BCUT2D eigenvalue weighted by Gasteiger charge is -1.95. The molecule has 0 fully saturated rings. The van der Waals surface area contributed by atoms with Crippen LogP contribution in [-0.2, 0) is 20.4 Å². The van der Waals surface area contributed by atoms with Crippen LogP contribution in [-0.4, -0.2) is 47.9 Å². The Morgan fingerprint density at radius 3 is 1.56 bits per heavy atom. The van der Waals surface area contributed by atoms with Crippen molar-refractivity contribution in [1.82, 2.24) is 4.90 Å². The summed E-state index contributed by atoms with van der Waals surface area (Å²) < 4.78 is 9.56. The number of Topliss-reactive ketones (excluding diaryl/α,β-unsaturated/α-hetero) is 1. The monoisotopic (exact) mass is 251 g/mol. The first kappa shape index (κ1) is 20.7. The molecule has 0 spiro atoms. The number of carbonyl (C=O) groups is 2. The van der Waals surface area contributed by atoms with E-state index in [4.69, 9.17) is 0 Å². The minimum atomic E-state index is -0.611. The molecule has 0 rings (SSSR count). The lowest BCUT2D eigenvalue weighted by Crippen LogP contribution is -2.06. The molecule has 0 aromatic carbocycles. The van der Waals surface area contributed by atoms with Gasteiger partial charge in [0.15, 0.2) is 0 Å². The average Bonchev–Trinajstić information content (AvgIpc) is 2.01. The molecule has 0 N–H and O–H groups in total. The fourth-order valence-corrected chi connectivity index (χ4v) is 0.575. The van der Waals surface area contributed by atoms with E-state index in [0.29, 0.717) is 5.92 Å². The Bertz CT molecular complexity index is 199. The molecule has 0 bridgehead atoms. The van der Waals surface area contributed by atoms with E-state index in [0.717, 1.165) is 12.8 Å². The molecule has 1 amide bonds. The summed E-state index contributed by atoms with van der Waals surface area (Å²) in [5.41, 5.74) is 0. The second-order valence-corrected chi connectivity index (χ2v) is 5.59. The van der Waals surface area contributed by atoms with Crippen molar-refractivity contribution in [2.45, 2.75) is 27.2 Å². The molecule has 5 heteroatoms. The molecule has 0 radical (unpaired) electrons. The van der Waals surface area contributed by atoms with Gasteiger partial charge in [0.05, 0.1) is 0 Å². The van der Waals surface area contributed by atoms with Crippen molar-refractivity contribution in [3.63, 3.8) is 0 Å². The van der Waals surface area contributed by atoms with Gasteiger partial charge in [0.25, 0.3) is 0 Å². The number of amides is 1.